The second kappa shape index (κ2) is 15.8. The summed E-state index contributed by atoms with van der Waals surface area (Å²) in [6.07, 6.45) is 8.82. The van der Waals surface area contributed by atoms with E-state index in [0.717, 1.165) is 37.1 Å². The lowest BCUT2D eigenvalue weighted by Crippen LogP contribution is -2.37. The van der Waals surface area contributed by atoms with Gasteiger partial charge in [0.15, 0.2) is 0 Å². The number of esters is 2. The van der Waals surface area contributed by atoms with E-state index in [-0.39, 0.29) is 13.1 Å². The number of imidazole rings is 1. The summed E-state index contributed by atoms with van der Waals surface area (Å²) in [7, 11) is 0. The van der Waals surface area contributed by atoms with E-state index in [2.05, 4.69) is 15.2 Å². The summed E-state index contributed by atoms with van der Waals surface area (Å²) in [5, 5.41) is 9.06. The van der Waals surface area contributed by atoms with E-state index in [1.54, 1.807) is 23.2 Å². The van der Waals surface area contributed by atoms with E-state index in [1.165, 1.54) is 0 Å². The molecule has 0 fully saturated rings. The van der Waals surface area contributed by atoms with Crippen molar-refractivity contribution in [3.8, 4) is 11.4 Å². The number of nitrogens with zero attached hydrogens (tertiary/aromatic N) is 6. The third-order valence-corrected chi connectivity index (χ3v) is 6.34. The maximum Gasteiger partial charge on any atom is 0.431 e. The van der Waals surface area contributed by atoms with Gasteiger partial charge in [0.25, 0.3) is 0 Å². The molecule has 0 bridgehead atoms. The van der Waals surface area contributed by atoms with Crippen LogP contribution in [0.5, 0.6) is 0 Å². The Morgan fingerprint density at radius 2 is 1.45 bits per heavy atom. The molecule has 0 aliphatic heterocycles. The van der Waals surface area contributed by atoms with E-state index in [9.17, 15) is 9.59 Å². The number of unbranched alkanes of at least 4 members (excludes halogenated alkanes) is 2. The Hall–Kier alpha value is -4.86. The van der Waals surface area contributed by atoms with Gasteiger partial charge in [-0.2, -0.15) is 9.13 Å². The van der Waals surface area contributed by atoms with Crippen molar-refractivity contribution in [2.24, 2.45) is 10.2 Å². The third kappa shape index (κ3) is 8.57. The summed E-state index contributed by atoms with van der Waals surface area (Å²) in [5.74, 6) is 0.175. The second-order valence-corrected chi connectivity index (χ2v) is 9.59. The standard InChI is InChI=1S/C32H37N6O4/c1-3-5-21-41-30(39)24-36(25-31(40)42-22-6-4-2)29-18-17-26(23-33-29)34-35-32-37(27-13-9-7-10-14-27)19-20-38(32)28-15-11-8-12-16-28/h7-20,23H,3-6,21-22,24-25H2,1-2H3/q+1. The molecular formula is C32H37N6O4+. The van der Waals surface area contributed by atoms with Crippen molar-refractivity contribution in [1.29, 1.82) is 0 Å². The van der Waals surface area contributed by atoms with Crippen molar-refractivity contribution in [1.82, 2.24) is 9.55 Å². The summed E-state index contributed by atoms with van der Waals surface area (Å²) >= 11 is 0. The minimum absolute atomic E-state index is 0.123. The first kappa shape index (κ1) is 30.1. The minimum Gasteiger partial charge on any atom is -0.464 e. The van der Waals surface area contributed by atoms with Gasteiger partial charge < -0.3 is 14.4 Å². The van der Waals surface area contributed by atoms with Crippen LogP contribution >= 0.6 is 0 Å². The highest BCUT2D eigenvalue weighted by Gasteiger charge is 2.21. The van der Waals surface area contributed by atoms with Gasteiger partial charge in [-0.3, -0.25) is 9.59 Å². The fourth-order valence-corrected chi connectivity index (χ4v) is 4.07. The zero-order valence-electron chi connectivity index (χ0n) is 24.1. The van der Waals surface area contributed by atoms with E-state index in [4.69, 9.17) is 9.47 Å². The van der Waals surface area contributed by atoms with E-state index in [1.807, 2.05) is 96.0 Å². The van der Waals surface area contributed by atoms with Crippen LogP contribution in [0.25, 0.3) is 11.4 Å². The molecule has 0 atom stereocenters. The normalized spacial score (nSPS) is 11.0. The van der Waals surface area contributed by atoms with E-state index < -0.39 is 11.9 Å². The molecule has 4 rings (SSSR count). The van der Waals surface area contributed by atoms with Gasteiger partial charge in [-0.1, -0.05) is 68.2 Å². The number of ether oxygens (including phenoxy) is 2. The molecule has 42 heavy (non-hydrogen) atoms. The fourth-order valence-electron chi connectivity index (χ4n) is 4.07. The van der Waals surface area contributed by atoms with Gasteiger partial charge in [0.05, 0.1) is 19.4 Å². The minimum atomic E-state index is -0.428. The lowest BCUT2D eigenvalue weighted by molar-refractivity contribution is -0.581. The van der Waals surface area contributed by atoms with Crippen LogP contribution in [0.3, 0.4) is 0 Å². The molecule has 0 aliphatic rings. The van der Waals surface area contributed by atoms with Gasteiger partial charge in [-0.05, 0) is 49.2 Å². The van der Waals surface area contributed by atoms with Crippen molar-refractivity contribution in [3.63, 3.8) is 0 Å². The molecule has 0 saturated heterocycles. The molecule has 2 aromatic carbocycles. The lowest BCUT2D eigenvalue weighted by Gasteiger charge is -2.21. The highest BCUT2D eigenvalue weighted by Crippen LogP contribution is 2.22. The topological polar surface area (TPSA) is 102 Å². The molecule has 0 aliphatic carbocycles. The fraction of sp³-hybridized carbons (Fsp3) is 0.312. The van der Waals surface area contributed by atoms with Crippen LogP contribution < -0.4 is 9.47 Å². The first-order valence-electron chi connectivity index (χ1n) is 14.3. The van der Waals surface area contributed by atoms with Crippen LogP contribution in [-0.2, 0) is 19.1 Å². The largest absolute Gasteiger partial charge is 0.464 e. The number of anilines is 1. The molecule has 0 amide bonds. The predicted molar refractivity (Wildman–Crippen MR) is 160 cm³/mol. The number of carbonyl (C=O) groups is 2. The Balaban J connectivity index is 1.55. The third-order valence-electron chi connectivity index (χ3n) is 6.34. The van der Waals surface area contributed by atoms with Crippen LogP contribution in [0, 0.1) is 0 Å². The monoisotopic (exact) mass is 569 g/mol. The summed E-state index contributed by atoms with van der Waals surface area (Å²) in [4.78, 5) is 31.0. The van der Waals surface area contributed by atoms with Crippen LogP contribution in [0.1, 0.15) is 39.5 Å². The Morgan fingerprint density at radius 1 is 0.833 bits per heavy atom. The van der Waals surface area contributed by atoms with Gasteiger partial charge in [0.1, 0.15) is 48.4 Å². The smallest absolute Gasteiger partial charge is 0.431 e. The number of para-hydroxylation sites is 2. The molecule has 0 unspecified atom stereocenters. The van der Waals surface area contributed by atoms with Gasteiger partial charge in [0.2, 0.25) is 0 Å². The van der Waals surface area contributed by atoms with E-state index >= 15 is 0 Å². The van der Waals surface area contributed by atoms with Crippen molar-refractivity contribution in [2.45, 2.75) is 39.5 Å². The number of rotatable bonds is 15. The molecule has 0 N–H and O–H groups in total. The Kier molecular flexibility index (Phi) is 11.3. The molecule has 0 saturated carbocycles. The maximum atomic E-state index is 12.5. The van der Waals surface area contributed by atoms with Crippen LogP contribution in [0.4, 0.5) is 17.5 Å². The number of benzene rings is 2. The lowest BCUT2D eigenvalue weighted by atomic mass is 10.3. The zero-order chi connectivity index (χ0) is 29.6. The molecule has 2 aromatic heterocycles. The van der Waals surface area contributed by atoms with Crippen molar-refractivity contribution >= 4 is 29.4 Å². The van der Waals surface area contributed by atoms with E-state index in [0.29, 0.717) is 30.7 Å². The molecular weight excluding hydrogens is 532 g/mol. The summed E-state index contributed by atoms with van der Waals surface area (Å²) in [6, 6.07) is 23.2. The van der Waals surface area contributed by atoms with Crippen molar-refractivity contribution < 1.29 is 23.6 Å². The highest BCUT2D eigenvalue weighted by molar-refractivity contribution is 5.80. The number of hydrogen-bond acceptors (Lipinski definition) is 8. The van der Waals surface area contributed by atoms with Crippen molar-refractivity contribution in [3.05, 3.63) is 91.4 Å². The predicted octanol–water partition coefficient (Wildman–Crippen LogP) is 6.06. The zero-order valence-corrected chi connectivity index (χ0v) is 24.1. The Morgan fingerprint density at radius 3 is 2.02 bits per heavy atom. The van der Waals surface area contributed by atoms with Crippen LogP contribution in [0.15, 0.2) is 102 Å². The molecule has 4 aromatic rings. The molecule has 10 nitrogen and oxygen atoms in total. The number of azo groups is 1. The Bertz CT molecular complexity index is 1360. The SMILES string of the molecule is CCCCOC(=O)CN(CC(=O)OCCCC)c1ccc(N=Nc2n(-c3ccccc3)cc[n+]2-c2ccccc2)cn1. The molecule has 2 heterocycles. The van der Waals surface area contributed by atoms with Gasteiger partial charge in [-0.15, -0.1) is 0 Å². The molecule has 218 valence electrons. The van der Waals surface area contributed by atoms with Gasteiger partial charge in [0, 0.05) is 5.11 Å². The summed E-state index contributed by atoms with van der Waals surface area (Å²) in [5.41, 5.74) is 2.40. The Labute approximate surface area is 246 Å². The second-order valence-electron chi connectivity index (χ2n) is 9.59. The van der Waals surface area contributed by atoms with Crippen LogP contribution in [-0.4, -0.2) is 47.8 Å². The van der Waals surface area contributed by atoms with Crippen LogP contribution in [0.2, 0.25) is 0 Å². The van der Waals surface area contributed by atoms with Crippen molar-refractivity contribution in [2.75, 3.05) is 31.2 Å². The number of carbonyl (C=O) groups excluding carboxylic acids is 2. The van der Waals surface area contributed by atoms with Gasteiger partial charge in [-0.25, -0.2) is 4.98 Å². The maximum absolute atomic E-state index is 12.5. The average Bonchev–Trinajstić information content (AvgIpc) is 3.45. The molecule has 0 spiro atoms. The first-order chi connectivity index (χ1) is 20.6. The molecule has 0 radical (unpaired) electrons. The first-order valence-corrected chi connectivity index (χ1v) is 14.3. The number of aromatic nitrogens is 3. The average molecular weight is 570 g/mol. The molecule has 10 heteroatoms. The summed E-state index contributed by atoms with van der Waals surface area (Å²) < 4.78 is 14.5. The highest BCUT2D eigenvalue weighted by atomic mass is 16.5. The number of hydrogen-bond donors (Lipinski definition) is 0. The number of pyridine rings is 1. The summed E-state index contributed by atoms with van der Waals surface area (Å²) in [6.45, 7) is 4.48. The quantitative estimate of drug-likeness (QED) is 0.0747. The van der Waals surface area contributed by atoms with Gasteiger partial charge >= 0.3 is 17.9 Å².